The molecule has 0 aliphatic carbocycles. The zero-order valence-electron chi connectivity index (χ0n) is 16.5. The zero-order chi connectivity index (χ0) is 21.5. The smallest absolute Gasteiger partial charge is 0.248 e. The molecule has 0 aliphatic heterocycles. The summed E-state index contributed by atoms with van der Waals surface area (Å²) in [7, 11) is 0. The number of anilines is 4. The second-order valence-corrected chi connectivity index (χ2v) is 7.16. The largest absolute Gasteiger partial charge is 0.326 e. The lowest BCUT2D eigenvalue weighted by molar-refractivity contribution is -0.116. The van der Waals surface area contributed by atoms with Gasteiger partial charge in [-0.1, -0.05) is 18.2 Å². The third kappa shape index (κ3) is 5.62. The molecule has 0 saturated heterocycles. The number of hydrogen-bond acceptors (Lipinski definition) is 5. The van der Waals surface area contributed by atoms with Crippen molar-refractivity contribution in [1.82, 2.24) is 4.98 Å². The van der Waals surface area contributed by atoms with Crippen LogP contribution in [0.25, 0.3) is 6.08 Å². The number of carbonyl (C=O) groups excluding carboxylic acids is 3. The Hall–Kier alpha value is -3.78. The minimum Gasteiger partial charge on any atom is -0.326 e. The molecule has 0 fully saturated rings. The number of hydrogen-bond donors (Lipinski definition) is 2. The van der Waals surface area contributed by atoms with Gasteiger partial charge in [0.15, 0.2) is 5.13 Å². The van der Waals surface area contributed by atoms with Crippen LogP contribution in [0.2, 0.25) is 0 Å². The summed E-state index contributed by atoms with van der Waals surface area (Å²) in [5, 5.41) is 7.71. The van der Waals surface area contributed by atoms with Gasteiger partial charge in [0.2, 0.25) is 17.7 Å². The SMILES string of the molecule is CC(=O)Nc1ccc(NC(=O)C=Cc2csc(N(C(C)=O)c3ccccc3)n2)cc1. The van der Waals surface area contributed by atoms with Gasteiger partial charge in [0.1, 0.15) is 0 Å². The van der Waals surface area contributed by atoms with Gasteiger partial charge in [0.05, 0.1) is 11.4 Å². The minimum atomic E-state index is -0.316. The standard InChI is InChI=1S/C22H20N4O3S/c1-15(27)23-17-8-10-18(11-9-17)24-21(29)13-12-19-14-30-22(25-19)26(16(2)28)20-6-4-3-5-7-20/h3-14H,1-2H3,(H,23,27)(H,24,29). The lowest BCUT2D eigenvalue weighted by Crippen LogP contribution is -2.22. The molecule has 30 heavy (non-hydrogen) atoms. The fourth-order valence-corrected chi connectivity index (χ4v) is 3.50. The maximum Gasteiger partial charge on any atom is 0.248 e. The number of para-hydroxylation sites is 1. The molecule has 3 amide bonds. The van der Waals surface area contributed by atoms with Crippen molar-refractivity contribution in [2.75, 3.05) is 15.5 Å². The highest BCUT2D eigenvalue weighted by atomic mass is 32.1. The third-order valence-corrected chi connectivity index (χ3v) is 4.75. The summed E-state index contributed by atoms with van der Waals surface area (Å²) in [5.41, 5.74) is 2.56. The van der Waals surface area contributed by atoms with Crippen LogP contribution in [0.4, 0.5) is 22.2 Å². The van der Waals surface area contributed by atoms with Crippen molar-refractivity contribution in [3.05, 3.63) is 71.7 Å². The fourth-order valence-electron chi connectivity index (χ4n) is 2.64. The van der Waals surface area contributed by atoms with Crippen molar-refractivity contribution in [1.29, 1.82) is 0 Å². The number of nitrogens with zero attached hydrogens (tertiary/aromatic N) is 2. The number of benzene rings is 2. The number of thiazole rings is 1. The second kappa shape index (κ2) is 9.62. The van der Waals surface area contributed by atoms with Gasteiger partial charge in [0.25, 0.3) is 0 Å². The first-order valence-electron chi connectivity index (χ1n) is 9.10. The quantitative estimate of drug-likeness (QED) is 0.577. The molecule has 7 nitrogen and oxygen atoms in total. The van der Waals surface area contributed by atoms with Crippen molar-refractivity contribution < 1.29 is 14.4 Å². The third-order valence-electron chi connectivity index (χ3n) is 3.91. The molecular formula is C22H20N4O3S. The molecule has 152 valence electrons. The van der Waals surface area contributed by atoms with E-state index in [-0.39, 0.29) is 17.7 Å². The predicted octanol–water partition coefficient (Wildman–Crippen LogP) is 4.44. The monoisotopic (exact) mass is 420 g/mol. The summed E-state index contributed by atoms with van der Waals surface area (Å²) >= 11 is 1.32. The van der Waals surface area contributed by atoms with Crippen LogP contribution in [-0.2, 0) is 14.4 Å². The Morgan fingerprint density at radius 2 is 1.57 bits per heavy atom. The summed E-state index contributed by atoms with van der Waals surface area (Å²) in [5.74, 6) is -0.622. The van der Waals surface area contributed by atoms with Crippen LogP contribution in [0.15, 0.2) is 66.1 Å². The Labute approximate surface area is 178 Å². The van der Waals surface area contributed by atoms with E-state index < -0.39 is 0 Å². The normalized spacial score (nSPS) is 10.6. The van der Waals surface area contributed by atoms with Crippen molar-refractivity contribution in [2.45, 2.75) is 13.8 Å². The van der Waals surface area contributed by atoms with Crippen LogP contribution >= 0.6 is 11.3 Å². The van der Waals surface area contributed by atoms with Gasteiger partial charge in [-0.2, -0.15) is 0 Å². The molecule has 0 unspecified atom stereocenters. The van der Waals surface area contributed by atoms with Gasteiger partial charge in [-0.3, -0.25) is 19.3 Å². The molecule has 1 aromatic heterocycles. The lowest BCUT2D eigenvalue weighted by atomic mass is 10.2. The number of aromatic nitrogens is 1. The second-order valence-electron chi connectivity index (χ2n) is 6.33. The van der Waals surface area contributed by atoms with Gasteiger partial charge in [-0.25, -0.2) is 4.98 Å². The van der Waals surface area contributed by atoms with E-state index in [4.69, 9.17) is 0 Å². The van der Waals surface area contributed by atoms with Gasteiger partial charge in [-0.05, 0) is 42.5 Å². The van der Waals surface area contributed by atoms with Gasteiger partial charge in [0, 0.05) is 36.7 Å². The van der Waals surface area contributed by atoms with Crippen molar-refractivity contribution in [2.24, 2.45) is 0 Å². The molecule has 2 aromatic carbocycles. The summed E-state index contributed by atoms with van der Waals surface area (Å²) in [6.07, 6.45) is 2.96. The number of nitrogens with one attached hydrogen (secondary N) is 2. The summed E-state index contributed by atoms with van der Waals surface area (Å²) in [6, 6.07) is 16.1. The molecule has 0 atom stereocenters. The first kappa shape index (κ1) is 20.9. The molecule has 0 radical (unpaired) electrons. The Morgan fingerprint density at radius 3 is 2.17 bits per heavy atom. The van der Waals surface area contributed by atoms with Crippen molar-refractivity contribution in [3.63, 3.8) is 0 Å². The van der Waals surface area contributed by atoms with Gasteiger partial charge < -0.3 is 10.6 Å². The molecule has 3 rings (SSSR count). The number of carbonyl (C=O) groups is 3. The first-order chi connectivity index (χ1) is 14.4. The molecule has 2 N–H and O–H groups in total. The highest BCUT2D eigenvalue weighted by molar-refractivity contribution is 7.14. The summed E-state index contributed by atoms with van der Waals surface area (Å²) < 4.78 is 0. The molecule has 1 heterocycles. The van der Waals surface area contributed by atoms with E-state index in [1.807, 2.05) is 30.3 Å². The molecule has 0 bridgehead atoms. The van der Waals surface area contributed by atoms with E-state index in [1.54, 1.807) is 35.7 Å². The lowest BCUT2D eigenvalue weighted by Gasteiger charge is -2.17. The van der Waals surface area contributed by atoms with Crippen LogP contribution in [0.3, 0.4) is 0 Å². The van der Waals surface area contributed by atoms with E-state index >= 15 is 0 Å². The van der Waals surface area contributed by atoms with Crippen LogP contribution in [0.5, 0.6) is 0 Å². The highest BCUT2D eigenvalue weighted by Crippen LogP contribution is 2.29. The number of rotatable bonds is 6. The van der Waals surface area contributed by atoms with E-state index in [9.17, 15) is 14.4 Å². The van der Waals surface area contributed by atoms with E-state index in [1.165, 1.54) is 36.2 Å². The highest BCUT2D eigenvalue weighted by Gasteiger charge is 2.17. The summed E-state index contributed by atoms with van der Waals surface area (Å²) in [6.45, 7) is 2.91. The van der Waals surface area contributed by atoms with Crippen LogP contribution in [0, 0.1) is 0 Å². The van der Waals surface area contributed by atoms with Crippen LogP contribution in [-0.4, -0.2) is 22.7 Å². The van der Waals surface area contributed by atoms with E-state index in [2.05, 4.69) is 15.6 Å². The maximum atomic E-state index is 12.2. The minimum absolute atomic E-state index is 0.147. The molecule has 8 heteroatoms. The zero-order valence-corrected chi connectivity index (χ0v) is 17.3. The maximum absolute atomic E-state index is 12.2. The van der Waals surface area contributed by atoms with Gasteiger partial charge in [-0.15, -0.1) is 11.3 Å². The topological polar surface area (TPSA) is 91.4 Å². The Balaban J connectivity index is 1.65. The predicted molar refractivity (Wildman–Crippen MR) is 120 cm³/mol. The molecule has 3 aromatic rings. The number of amides is 3. The Morgan fingerprint density at radius 1 is 0.933 bits per heavy atom. The van der Waals surface area contributed by atoms with E-state index in [0.717, 1.165) is 5.69 Å². The van der Waals surface area contributed by atoms with Crippen molar-refractivity contribution >= 4 is 57.3 Å². The Kier molecular flexibility index (Phi) is 6.71. The van der Waals surface area contributed by atoms with E-state index in [0.29, 0.717) is 22.2 Å². The summed E-state index contributed by atoms with van der Waals surface area (Å²) in [4.78, 5) is 41.3. The first-order valence-corrected chi connectivity index (χ1v) is 9.98. The molecule has 0 saturated carbocycles. The molecular weight excluding hydrogens is 400 g/mol. The van der Waals surface area contributed by atoms with Crippen LogP contribution < -0.4 is 15.5 Å². The fraction of sp³-hybridized carbons (Fsp3) is 0.0909. The van der Waals surface area contributed by atoms with Crippen LogP contribution in [0.1, 0.15) is 19.5 Å². The average Bonchev–Trinajstić information content (AvgIpc) is 3.16. The average molecular weight is 420 g/mol. The molecule has 0 aliphatic rings. The van der Waals surface area contributed by atoms with Crippen molar-refractivity contribution in [3.8, 4) is 0 Å². The van der Waals surface area contributed by atoms with Gasteiger partial charge >= 0.3 is 0 Å². The molecule has 0 spiro atoms. The Bertz CT molecular complexity index is 1080.